The van der Waals surface area contributed by atoms with Crippen molar-refractivity contribution >= 4 is 11.8 Å². The molecular formula is C12H16N2O2. The van der Waals surface area contributed by atoms with E-state index in [1.165, 1.54) is 12.8 Å². The van der Waals surface area contributed by atoms with E-state index in [1.54, 1.807) is 19.2 Å². The molecule has 16 heavy (non-hydrogen) atoms. The fourth-order valence-electron chi connectivity index (χ4n) is 1.42. The van der Waals surface area contributed by atoms with Crippen molar-refractivity contribution < 1.29 is 9.53 Å². The van der Waals surface area contributed by atoms with Crippen LogP contribution in [0.15, 0.2) is 18.3 Å². The van der Waals surface area contributed by atoms with E-state index in [1.807, 2.05) is 6.07 Å². The van der Waals surface area contributed by atoms with E-state index in [2.05, 4.69) is 17.2 Å². The van der Waals surface area contributed by atoms with Crippen LogP contribution in [0.1, 0.15) is 37.0 Å². The molecule has 0 unspecified atom stereocenters. The summed E-state index contributed by atoms with van der Waals surface area (Å²) >= 11 is 0. The number of nitrogens with zero attached hydrogens (tertiary/aromatic N) is 1. The Labute approximate surface area is 95.0 Å². The first-order valence-corrected chi connectivity index (χ1v) is 5.54. The van der Waals surface area contributed by atoms with Crippen molar-refractivity contribution in [1.82, 2.24) is 4.98 Å². The molecule has 0 bridgehead atoms. The highest BCUT2D eigenvalue weighted by Crippen LogP contribution is 2.37. The third kappa shape index (κ3) is 2.51. The van der Waals surface area contributed by atoms with Gasteiger partial charge in [0.15, 0.2) is 0 Å². The maximum absolute atomic E-state index is 11.4. The minimum atomic E-state index is -0.320. The van der Waals surface area contributed by atoms with Gasteiger partial charge in [0.2, 0.25) is 0 Å². The summed E-state index contributed by atoms with van der Waals surface area (Å²) in [5.74, 6) is 0.493. The molecule has 0 aromatic carbocycles. The number of hydrogen-bond donors (Lipinski definition) is 1. The molecule has 1 aromatic rings. The number of ether oxygens (including phenoxy) is 1. The summed E-state index contributed by atoms with van der Waals surface area (Å²) in [6, 6.07) is 3.55. The van der Waals surface area contributed by atoms with E-state index >= 15 is 0 Å². The van der Waals surface area contributed by atoms with Crippen molar-refractivity contribution in [1.29, 1.82) is 0 Å². The molecule has 0 atom stereocenters. The lowest BCUT2D eigenvalue weighted by Crippen LogP contribution is -2.17. The van der Waals surface area contributed by atoms with Crippen molar-refractivity contribution in [3.05, 3.63) is 23.9 Å². The Morgan fingerprint density at radius 3 is 2.81 bits per heavy atom. The lowest BCUT2D eigenvalue weighted by Gasteiger charge is -2.11. The molecule has 1 aromatic heterocycles. The Morgan fingerprint density at radius 1 is 1.56 bits per heavy atom. The third-order valence-electron chi connectivity index (χ3n) is 2.70. The number of esters is 1. The number of carbonyl (C=O) groups is 1. The maximum atomic E-state index is 11.4. The van der Waals surface area contributed by atoms with Crippen LogP contribution in [0.5, 0.6) is 0 Å². The smallest absolute Gasteiger partial charge is 0.339 e. The number of rotatable bonds is 4. The molecule has 0 spiro atoms. The summed E-state index contributed by atoms with van der Waals surface area (Å²) in [7, 11) is 0. The van der Waals surface area contributed by atoms with Crippen LogP contribution in [-0.4, -0.2) is 23.1 Å². The topological polar surface area (TPSA) is 51.2 Å². The zero-order chi connectivity index (χ0) is 11.6. The molecule has 2 rings (SSSR count). The van der Waals surface area contributed by atoms with Crippen LogP contribution in [0, 0.1) is 0 Å². The number of hydrogen-bond acceptors (Lipinski definition) is 4. The number of aromatic nitrogens is 1. The number of pyridine rings is 1. The van der Waals surface area contributed by atoms with Gasteiger partial charge in [-0.2, -0.15) is 0 Å². The second-order valence-corrected chi connectivity index (χ2v) is 4.34. The minimum absolute atomic E-state index is 0.207. The molecule has 1 aliphatic carbocycles. The lowest BCUT2D eigenvalue weighted by atomic mass is 10.2. The fraction of sp³-hybridized carbons (Fsp3) is 0.500. The van der Waals surface area contributed by atoms with Crippen LogP contribution in [-0.2, 0) is 4.74 Å². The van der Waals surface area contributed by atoms with E-state index in [0.29, 0.717) is 12.2 Å². The van der Waals surface area contributed by atoms with Crippen LogP contribution >= 0.6 is 0 Å². The first kappa shape index (κ1) is 10.9. The van der Waals surface area contributed by atoms with Crippen LogP contribution in [0.25, 0.3) is 0 Å². The van der Waals surface area contributed by atoms with Gasteiger partial charge in [0.25, 0.3) is 0 Å². The highest BCUT2D eigenvalue weighted by Gasteiger charge is 2.37. The molecule has 86 valence electrons. The molecule has 0 saturated heterocycles. The van der Waals surface area contributed by atoms with E-state index in [9.17, 15) is 4.79 Å². The second-order valence-electron chi connectivity index (χ2n) is 4.34. The first-order valence-electron chi connectivity index (χ1n) is 5.54. The molecule has 4 heteroatoms. The SMILES string of the molecule is CCOC(=O)c1ccc(NC2(C)CC2)nc1. The van der Waals surface area contributed by atoms with Crippen molar-refractivity contribution in [2.45, 2.75) is 32.2 Å². The van der Waals surface area contributed by atoms with Gasteiger partial charge in [0.05, 0.1) is 12.2 Å². The van der Waals surface area contributed by atoms with Gasteiger partial charge in [-0.25, -0.2) is 9.78 Å². The van der Waals surface area contributed by atoms with E-state index in [0.717, 1.165) is 5.82 Å². The van der Waals surface area contributed by atoms with Gasteiger partial charge in [-0.3, -0.25) is 0 Å². The van der Waals surface area contributed by atoms with E-state index in [-0.39, 0.29) is 11.5 Å². The van der Waals surface area contributed by atoms with E-state index < -0.39 is 0 Å². The lowest BCUT2D eigenvalue weighted by molar-refractivity contribution is 0.0526. The Morgan fingerprint density at radius 2 is 2.31 bits per heavy atom. The third-order valence-corrected chi connectivity index (χ3v) is 2.70. The molecule has 1 fully saturated rings. The highest BCUT2D eigenvalue weighted by atomic mass is 16.5. The van der Waals surface area contributed by atoms with E-state index in [4.69, 9.17) is 4.74 Å². The minimum Gasteiger partial charge on any atom is -0.462 e. The van der Waals surface area contributed by atoms with Gasteiger partial charge in [-0.05, 0) is 38.8 Å². The molecule has 1 heterocycles. The monoisotopic (exact) mass is 220 g/mol. The quantitative estimate of drug-likeness (QED) is 0.790. The zero-order valence-electron chi connectivity index (χ0n) is 9.62. The standard InChI is InChI=1S/C12H16N2O2/c1-3-16-11(15)9-4-5-10(13-8-9)14-12(2)6-7-12/h4-5,8H,3,6-7H2,1-2H3,(H,13,14). The molecule has 0 radical (unpaired) electrons. The molecule has 0 amide bonds. The van der Waals surface area contributed by atoms with Crippen LogP contribution in [0.4, 0.5) is 5.82 Å². The van der Waals surface area contributed by atoms with Crippen LogP contribution < -0.4 is 5.32 Å². The molecule has 4 nitrogen and oxygen atoms in total. The maximum Gasteiger partial charge on any atom is 0.339 e. The number of anilines is 1. The predicted octanol–water partition coefficient (Wildman–Crippen LogP) is 2.22. The Balaban J connectivity index is 2.01. The van der Waals surface area contributed by atoms with Gasteiger partial charge in [-0.1, -0.05) is 0 Å². The summed E-state index contributed by atoms with van der Waals surface area (Å²) in [6.07, 6.45) is 3.90. The summed E-state index contributed by atoms with van der Waals surface area (Å²) in [4.78, 5) is 15.6. The molecule has 1 aliphatic rings. The van der Waals surface area contributed by atoms with Crippen LogP contribution in [0.2, 0.25) is 0 Å². The summed E-state index contributed by atoms with van der Waals surface area (Å²) < 4.78 is 4.88. The summed E-state index contributed by atoms with van der Waals surface area (Å²) in [6.45, 7) is 4.33. The largest absolute Gasteiger partial charge is 0.462 e. The summed E-state index contributed by atoms with van der Waals surface area (Å²) in [5.41, 5.74) is 0.701. The average Bonchev–Trinajstić information content (AvgIpc) is 2.97. The van der Waals surface area contributed by atoms with Crippen molar-refractivity contribution in [3.63, 3.8) is 0 Å². The molecular weight excluding hydrogens is 204 g/mol. The molecule has 0 aliphatic heterocycles. The van der Waals surface area contributed by atoms with Gasteiger partial charge >= 0.3 is 5.97 Å². The molecule has 1 saturated carbocycles. The Bertz CT molecular complexity index is 383. The number of carbonyl (C=O) groups excluding carboxylic acids is 1. The van der Waals surface area contributed by atoms with Crippen molar-refractivity contribution in [2.24, 2.45) is 0 Å². The van der Waals surface area contributed by atoms with Gasteiger partial charge in [-0.15, -0.1) is 0 Å². The average molecular weight is 220 g/mol. The van der Waals surface area contributed by atoms with Crippen LogP contribution in [0.3, 0.4) is 0 Å². The Hall–Kier alpha value is -1.58. The number of nitrogens with one attached hydrogen (secondary N) is 1. The zero-order valence-corrected chi connectivity index (χ0v) is 9.62. The first-order chi connectivity index (χ1) is 7.63. The summed E-state index contributed by atoms with van der Waals surface area (Å²) in [5, 5.41) is 3.33. The Kier molecular flexibility index (Phi) is 2.81. The second kappa shape index (κ2) is 4.12. The van der Waals surface area contributed by atoms with Gasteiger partial charge < -0.3 is 10.1 Å². The van der Waals surface area contributed by atoms with Crippen molar-refractivity contribution in [2.75, 3.05) is 11.9 Å². The van der Waals surface area contributed by atoms with Crippen molar-refractivity contribution in [3.8, 4) is 0 Å². The van der Waals surface area contributed by atoms with Gasteiger partial charge in [0.1, 0.15) is 5.82 Å². The normalized spacial score (nSPS) is 16.6. The van der Waals surface area contributed by atoms with Gasteiger partial charge in [0, 0.05) is 11.7 Å². The molecule has 1 N–H and O–H groups in total. The fourth-order valence-corrected chi connectivity index (χ4v) is 1.42. The highest BCUT2D eigenvalue weighted by molar-refractivity contribution is 5.89. The predicted molar refractivity (Wildman–Crippen MR) is 61.5 cm³/mol.